The molecule has 4 nitrogen and oxygen atoms in total. The predicted octanol–water partition coefficient (Wildman–Crippen LogP) is 1.92. The van der Waals surface area contributed by atoms with Crippen molar-refractivity contribution in [3.05, 3.63) is 0 Å². The fourth-order valence-electron chi connectivity index (χ4n) is 2.72. The second-order valence-electron chi connectivity index (χ2n) is 5.04. The fraction of sp³-hybridized carbons (Fsp3) is 0.929. The molecule has 106 valence electrons. The van der Waals surface area contributed by atoms with E-state index in [0.717, 1.165) is 32.2 Å². The zero-order valence-electron chi connectivity index (χ0n) is 11.9. The zero-order valence-corrected chi connectivity index (χ0v) is 11.9. The summed E-state index contributed by atoms with van der Waals surface area (Å²) in [6.07, 6.45) is 6.11. The number of carbonyl (C=O) groups excluding carboxylic acids is 1. The Balaban J connectivity index is 2.51. The van der Waals surface area contributed by atoms with Gasteiger partial charge in [0.05, 0.1) is 12.5 Å². The molecule has 1 amide bonds. The van der Waals surface area contributed by atoms with Crippen LogP contribution in [0.3, 0.4) is 0 Å². The van der Waals surface area contributed by atoms with Crippen molar-refractivity contribution < 1.29 is 9.53 Å². The van der Waals surface area contributed by atoms with E-state index >= 15 is 0 Å². The molecule has 2 atom stereocenters. The van der Waals surface area contributed by atoms with Crippen molar-refractivity contribution in [1.29, 1.82) is 0 Å². The predicted molar refractivity (Wildman–Crippen MR) is 73.3 cm³/mol. The van der Waals surface area contributed by atoms with Crippen molar-refractivity contribution in [2.75, 3.05) is 19.7 Å². The Hall–Kier alpha value is -0.610. The Morgan fingerprint density at radius 3 is 2.83 bits per heavy atom. The van der Waals surface area contributed by atoms with Crippen LogP contribution in [-0.4, -0.2) is 42.6 Å². The zero-order chi connectivity index (χ0) is 13.4. The largest absolute Gasteiger partial charge is 0.377 e. The minimum atomic E-state index is -0.119. The molecule has 0 radical (unpaired) electrons. The van der Waals surface area contributed by atoms with Crippen LogP contribution in [-0.2, 0) is 9.53 Å². The van der Waals surface area contributed by atoms with Crippen LogP contribution in [0.25, 0.3) is 0 Å². The summed E-state index contributed by atoms with van der Waals surface area (Å²) in [5.74, 6) is 0.219. The van der Waals surface area contributed by atoms with Gasteiger partial charge in [0.15, 0.2) is 0 Å². The average molecular weight is 256 g/mol. The smallest absolute Gasteiger partial charge is 0.225 e. The van der Waals surface area contributed by atoms with Gasteiger partial charge in [0.25, 0.3) is 0 Å². The van der Waals surface area contributed by atoms with E-state index in [4.69, 9.17) is 10.5 Å². The van der Waals surface area contributed by atoms with Gasteiger partial charge in [-0.1, -0.05) is 13.3 Å². The second kappa shape index (κ2) is 8.48. The van der Waals surface area contributed by atoms with Crippen LogP contribution in [0.2, 0.25) is 0 Å². The first kappa shape index (κ1) is 15.4. The summed E-state index contributed by atoms with van der Waals surface area (Å²) in [6.45, 7) is 6.07. The Bertz CT molecular complexity index is 244. The Kier molecular flexibility index (Phi) is 7.28. The highest BCUT2D eigenvalue weighted by molar-refractivity contribution is 5.77. The molecule has 0 aliphatic carbocycles. The quantitative estimate of drug-likeness (QED) is 0.757. The summed E-state index contributed by atoms with van der Waals surface area (Å²) < 4.78 is 5.48. The van der Waals surface area contributed by atoms with Crippen LogP contribution in [0.1, 0.15) is 52.4 Å². The SMILES string of the molecule is CCCC1CCCCN1C(=O)CC(CN)OCC. The number of hydrogen-bond acceptors (Lipinski definition) is 3. The number of nitrogens with two attached hydrogens (primary N) is 1. The van der Waals surface area contributed by atoms with Gasteiger partial charge in [0.2, 0.25) is 5.91 Å². The molecule has 0 aromatic carbocycles. The molecule has 1 aliphatic heterocycles. The summed E-state index contributed by atoms with van der Waals surface area (Å²) in [7, 11) is 0. The first-order valence-corrected chi connectivity index (χ1v) is 7.34. The molecule has 0 spiro atoms. The molecule has 2 unspecified atom stereocenters. The first-order valence-electron chi connectivity index (χ1n) is 7.34. The van der Waals surface area contributed by atoms with E-state index < -0.39 is 0 Å². The van der Waals surface area contributed by atoms with Crippen molar-refractivity contribution in [3.8, 4) is 0 Å². The van der Waals surface area contributed by atoms with E-state index in [1.807, 2.05) is 6.92 Å². The summed E-state index contributed by atoms with van der Waals surface area (Å²) >= 11 is 0. The number of carbonyl (C=O) groups is 1. The molecule has 0 aromatic rings. The summed E-state index contributed by atoms with van der Waals surface area (Å²) in [5, 5.41) is 0. The highest BCUT2D eigenvalue weighted by Gasteiger charge is 2.27. The summed E-state index contributed by atoms with van der Waals surface area (Å²) in [6, 6.07) is 0.441. The minimum absolute atomic E-state index is 0.119. The lowest BCUT2D eigenvalue weighted by Gasteiger charge is -2.36. The molecule has 0 saturated carbocycles. The molecule has 18 heavy (non-hydrogen) atoms. The number of nitrogens with zero attached hydrogens (tertiary/aromatic N) is 1. The molecule has 0 bridgehead atoms. The number of likely N-dealkylation sites (tertiary alicyclic amines) is 1. The van der Waals surface area contributed by atoms with Crippen molar-refractivity contribution in [2.24, 2.45) is 5.73 Å². The normalized spacial score (nSPS) is 21.9. The van der Waals surface area contributed by atoms with Crippen LogP contribution in [0.15, 0.2) is 0 Å². The molecule has 1 fully saturated rings. The van der Waals surface area contributed by atoms with Crippen LogP contribution in [0.4, 0.5) is 0 Å². The van der Waals surface area contributed by atoms with Gasteiger partial charge in [-0.05, 0) is 32.6 Å². The third-order valence-electron chi connectivity index (χ3n) is 3.64. The summed E-state index contributed by atoms with van der Waals surface area (Å²) in [4.78, 5) is 14.4. The van der Waals surface area contributed by atoms with Gasteiger partial charge in [-0.25, -0.2) is 0 Å². The minimum Gasteiger partial charge on any atom is -0.377 e. The molecular formula is C14H28N2O2. The third kappa shape index (κ3) is 4.58. The van der Waals surface area contributed by atoms with Crippen LogP contribution >= 0.6 is 0 Å². The van der Waals surface area contributed by atoms with E-state index in [1.165, 1.54) is 6.42 Å². The van der Waals surface area contributed by atoms with Crippen molar-refractivity contribution in [1.82, 2.24) is 4.90 Å². The highest BCUT2D eigenvalue weighted by Crippen LogP contribution is 2.22. The van der Waals surface area contributed by atoms with Gasteiger partial charge in [-0.15, -0.1) is 0 Å². The molecule has 2 N–H and O–H groups in total. The van der Waals surface area contributed by atoms with E-state index in [2.05, 4.69) is 11.8 Å². The number of rotatable bonds is 7. The molecule has 1 aliphatic rings. The van der Waals surface area contributed by atoms with Gasteiger partial charge in [-0.2, -0.15) is 0 Å². The van der Waals surface area contributed by atoms with Crippen LogP contribution in [0, 0.1) is 0 Å². The number of amides is 1. The lowest BCUT2D eigenvalue weighted by Crippen LogP contribution is -2.45. The molecule has 4 heteroatoms. The molecular weight excluding hydrogens is 228 g/mol. The highest BCUT2D eigenvalue weighted by atomic mass is 16.5. The first-order chi connectivity index (χ1) is 8.72. The third-order valence-corrected chi connectivity index (χ3v) is 3.64. The van der Waals surface area contributed by atoms with Crippen LogP contribution in [0.5, 0.6) is 0 Å². The fourth-order valence-corrected chi connectivity index (χ4v) is 2.72. The lowest BCUT2D eigenvalue weighted by molar-refractivity contribution is -0.137. The molecule has 1 rings (SSSR count). The van der Waals surface area contributed by atoms with Crippen LogP contribution < -0.4 is 5.73 Å². The molecule has 0 aromatic heterocycles. The average Bonchev–Trinajstić information content (AvgIpc) is 2.39. The van der Waals surface area contributed by atoms with Crippen molar-refractivity contribution >= 4 is 5.91 Å². The maximum atomic E-state index is 12.3. The number of hydrogen-bond donors (Lipinski definition) is 1. The Morgan fingerprint density at radius 2 is 2.22 bits per heavy atom. The Labute approximate surface area is 111 Å². The second-order valence-corrected chi connectivity index (χ2v) is 5.04. The van der Waals surface area contributed by atoms with Gasteiger partial charge in [0, 0.05) is 25.7 Å². The standard InChI is InChI=1S/C14H28N2O2/c1-3-7-12-8-5-6-9-16(12)14(17)10-13(11-15)18-4-2/h12-13H,3-11,15H2,1-2H3. The topological polar surface area (TPSA) is 55.6 Å². The number of ether oxygens (including phenoxy) is 1. The van der Waals surface area contributed by atoms with Crippen molar-refractivity contribution in [2.45, 2.75) is 64.5 Å². The van der Waals surface area contributed by atoms with Gasteiger partial charge < -0.3 is 15.4 Å². The van der Waals surface area contributed by atoms with E-state index in [1.54, 1.807) is 0 Å². The van der Waals surface area contributed by atoms with E-state index in [0.29, 0.717) is 25.6 Å². The maximum Gasteiger partial charge on any atom is 0.225 e. The van der Waals surface area contributed by atoms with E-state index in [9.17, 15) is 4.79 Å². The molecule has 1 saturated heterocycles. The maximum absolute atomic E-state index is 12.3. The van der Waals surface area contributed by atoms with E-state index in [-0.39, 0.29) is 12.0 Å². The molecule has 1 heterocycles. The lowest BCUT2D eigenvalue weighted by atomic mass is 9.97. The Morgan fingerprint density at radius 1 is 1.44 bits per heavy atom. The van der Waals surface area contributed by atoms with Crippen molar-refractivity contribution in [3.63, 3.8) is 0 Å². The van der Waals surface area contributed by atoms with Gasteiger partial charge >= 0.3 is 0 Å². The number of piperidine rings is 1. The van der Waals surface area contributed by atoms with Gasteiger partial charge in [-0.3, -0.25) is 4.79 Å². The van der Waals surface area contributed by atoms with Gasteiger partial charge in [0.1, 0.15) is 0 Å². The summed E-state index contributed by atoms with van der Waals surface area (Å²) in [5.41, 5.74) is 5.63. The monoisotopic (exact) mass is 256 g/mol.